The SMILES string of the molecule is CC1(CC(=O)OCCOCCN2CCOCC2)Oc2ccccc2O1.O=C(O)C(=O)O. The zero-order chi connectivity index (χ0) is 22.7. The number of para-hydroxylation sites is 2. The highest BCUT2D eigenvalue weighted by Gasteiger charge is 2.39. The van der Waals surface area contributed by atoms with Crippen LogP contribution in [0.5, 0.6) is 11.5 Å². The lowest BCUT2D eigenvalue weighted by molar-refractivity contribution is -0.159. The maximum atomic E-state index is 12.0. The molecule has 2 aliphatic rings. The summed E-state index contributed by atoms with van der Waals surface area (Å²) in [4.78, 5) is 32.5. The van der Waals surface area contributed by atoms with Gasteiger partial charge in [-0.3, -0.25) is 9.69 Å². The molecule has 0 atom stereocenters. The highest BCUT2D eigenvalue weighted by atomic mass is 16.7. The lowest BCUT2D eigenvalue weighted by atomic mass is 10.2. The summed E-state index contributed by atoms with van der Waals surface area (Å²) in [6.45, 7) is 7.28. The molecule has 2 N–H and O–H groups in total. The smallest absolute Gasteiger partial charge is 0.414 e. The Bertz CT molecular complexity index is 710. The fourth-order valence-corrected chi connectivity index (χ4v) is 2.83. The van der Waals surface area contributed by atoms with Crippen molar-refractivity contribution in [1.29, 1.82) is 0 Å². The molecule has 0 aromatic heterocycles. The second-order valence-corrected chi connectivity index (χ2v) is 6.86. The lowest BCUT2D eigenvalue weighted by Crippen LogP contribution is -2.38. The molecule has 0 aliphatic carbocycles. The first-order valence-corrected chi connectivity index (χ1v) is 9.76. The summed E-state index contributed by atoms with van der Waals surface area (Å²) < 4.78 is 27.4. The Hall–Kier alpha value is -2.89. The van der Waals surface area contributed by atoms with Crippen molar-refractivity contribution in [1.82, 2.24) is 4.90 Å². The van der Waals surface area contributed by atoms with Crippen LogP contribution in [-0.2, 0) is 28.6 Å². The molecule has 1 fully saturated rings. The average Bonchev–Trinajstić information content (AvgIpc) is 3.07. The molecule has 0 bridgehead atoms. The maximum Gasteiger partial charge on any atom is 0.414 e. The molecule has 0 unspecified atom stereocenters. The molecule has 31 heavy (non-hydrogen) atoms. The predicted molar refractivity (Wildman–Crippen MR) is 105 cm³/mol. The van der Waals surface area contributed by atoms with Gasteiger partial charge in [0.05, 0.1) is 26.4 Å². The van der Waals surface area contributed by atoms with E-state index in [-0.39, 0.29) is 19.0 Å². The Morgan fingerprint density at radius 3 is 2.13 bits per heavy atom. The third-order valence-electron chi connectivity index (χ3n) is 4.30. The largest absolute Gasteiger partial charge is 0.473 e. The van der Waals surface area contributed by atoms with Crippen LogP contribution in [0.1, 0.15) is 13.3 Å². The van der Waals surface area contributed by atoms with Gasteiger partial charge in [0, 0.05) is 26.6 Å². The van der Waals surface area contributed by atoms with Gasteiger partial charge in [0.1, 0.15) is 13.0 Å². The van der Waals surface area contributed by atoms with Gasteiger partial charge < -0.3 is 33.9 Å². The number of carboxylic acid groups (broad SMARTS) is 2. The number of esters is 1. The van der Waals surface area contributed by atoms with Crippen molar-refractivity contribution >= 4 is 17.9 Å². The van der Waals surface area contributed by atoms with Crippen molar-refractivity contribution in [3.63, 3.8) is 0 Å². The summed E-state index contributed by atoms with van der Waals surface area (Å²) in [5.74, 6) is -3.75. The summed E-state index contributed by atoms with van der Waals surface area (Å²) in [6, 6.07) is 7.35. The molecule has 1 saturated heterocycles. The van der Waals surface area contributed by atoms with Gasteiger partial charge >= 0.3 is 17.9 Å². The van der Waals surface area contributed by atoms with Gasteiger partial charge in [-0.2, -0.15) is 0 Å². The Balaban J connectivity index is 0.000000501. The van der Waals surface area contributed by atoms with Gasteiger partial charge in [0.15, 0.2) is 11.5 Å². The second-order valence-electron chi connectivity index (χ2n) is 6.86. The number of carboxylic acids is 2. The number of aliphatic carboxylic acids is 2. The number of ether oxygens (including phenoxy) is 5. The van der Waals surface area contributed by atoms with E-state index in [1.165, 1.54) is 0 Å². The highest BCUT2D eigenvalue weighted by molar-refractivity contribution is 6.27. The zero-order valence-corrected chi connectivity index (χ0v) is 17.3. The van der Waals surface area contributed by atoms with Crippen molar-refractivity contribution < 1.29 is 48.3 Å². The minimum absolute atomic E-state index is 0.0233. The van der Waals surface area contributed by atoms with Crippen molar-refractivity contribution in [3.05, 3.63) is 24.3 Å². The molecule has 11 nitrogen and oxygen atoms in total. The quantitative estimate of drug-likeness (QED) is 0.333. The van der Waals surface area contributed by atoms with Gasteiger partial charge in [-0.1, -0.05) is 12.1 Å². The summed E-state index contributed by atoms with van der Waals surface area (Å²) in [5, 5.41) is 14.8. The van der Waals surface area contributed by atoms with E-state index < -0.39 is 17.7 Å². The van der Waals surface area contributed by atoms with Crippen LogP contribution in [0.4, 0.5) is 0 Å². The van der Waals surface area contributed by atoms with Crippen LogP contribution >= 0.6 is 0 Å². The van der Waals surface area contributed by atoms with Crippen LogP contribution in [0.25, 0.3) is 0 Å². The van der Waals surface area contributed by atoms with E-state index in [0.29, 0.717) is 24.7 Å². The number of hydrogen-bond acceptors (Lipinski definition) is 9. The summed E-state index contributed by atoms with van der Waals surface area (Å²) in [5.41, 5.74) is 0. The first kappa shape index (κ1) is 24.4. The van der Waals surface area contributed by atoms with Crippen molar-refractivity contribution in [2.75, 3.05) is 52.7 Å². The molecule has 172 valence electrons. The maximum absolute atomic E-state index is 12.0. The summed E-state index contributed by atoms with van der Waals surface area (Å²) in [7, 11) is 0. The normalized spacial score (nSPS) is 16.7. The van der Waals surface area contributed by atoms with E-state index >= 15 is 0 Å². The standard InChI is InChI=1S/C18H25NO6.C2H2O4/c1-18(24-15-4-2-3-5-16(15)25-18)14-17(20)23-13-12-22-11-8-19-6-9-21-10-7-19;3-1(4)2(5)6/h2-5H,6-14H2,1H3;(H,3,4)(H,5,6). The molecule has 1 aromatic carbocycles. The first-order valence-electron chi connectivity index (χ1n) is 9.76. The Morgan fingerprint density at radius 2 is 1.58 bits per heavy atom. The molecule has 3 rings (SSSR count). The number of morpholine rings is 1. The van der Waals surface area contributed by atoms with Crippen LogP contribution in [0.15, 0.2) is 24.3 Å². The van der Waals surface area contributed by atoms with Gasteiger partial charge in [-0.05, 0) is 12.1 Å². The van der Waals surface area contributed by atoms with Crippen molar-refractivity contribution in [2.24, 2.45) is 0 Å². The van der Waals surface area contributed by atoms with E-state index in [2.05, 4.69) is 4.90 Å². The van der Waals surface area contributed by atoms with Crippen LogP contribution in [0, 0.1) is 0 Å². The number of nitrogens with zero attached hydrogens (tertiary/aromatic N) is 1. The topological polar surface area (TPSA) is 141 Å². The molecule has 0 saturated carbocycles. The molecule has 2 heterocycles. The van der Waals surface area contributed by atoms with Gasteiger partial charge in [-0.25, -0.2) is 9.59 Å². The van der Waals surface area contributed by atoms with Crippen molar-refractivity contribution in [2.45, 2.75) is 19.1 Å². The minimum atomic E-state index is -1.82. The van der Waals surface area contributed by atoms with E-state index in [0.717, 1.165) is 32.8 Å². The number of benzene rings is 1. The number of carbonyl (C=O) groups excluding carboxylic acids is 1. The van der Waals surface area contributed by atoms with Gasteiger partial charge in [0.25, 0.3) is 5.79 Å². The van der Waals surface area contributed by atoms with Crippen molar-refractivity contribution in [3.8, 4) is 11.5 Å². The molecule has 0 amide bonds. The van der Waals surface area contributed by atoms with E-state index in [1.807, 2.05) is 24.3 Å². The molecular formula is C20H27NO10. The van der Waals surface area contributed by atoms with Crippen LogP contribution in [0.3, 0.4) is 0 Å². The van der Waals surface area contributed by atoms with E-state index in [4.69, 9.17) is 43.5 Å². The number of carbonyl (C=O) groups is 3. The molecule has 2 aliphatic heterocycles. The first-order chi connectivity index (χ1) is 14.8. The molecule has 0 spiro atoms. The molecular weight excluding hydrogens is 414 g/mol. The number of hydrogen-bond donors (Lipinski definition) is 2. The van der Waals surface area contributed by atoms with Crippen LogP contribution in [0.2, 0.25) is 0 Å². The molecule has 0 radical (unpaired) electrons. The lowest BCUT2D eigenvalue weighted by Gasteiger charge is -2.26. The molecule has 11 heteroatoms. The third-order valence-corrected chi connectivity index (χ3v) is 4.30. The average molecular weight is 441 g/mol. The van der Waals surface area contributed by atoms with E-state index in [1.54, 1.807) is 6.92 Å². The Kier molecular flexibility index (Phi) is 9.50. The molecule has 1 aromatic rings. The number of fused-ring (bicyclic) bond motifs is 1. The van der Waals surface area contributed by atoms with Crippen LogP contribution in [-0.4, -0.2) is 91.5 Å². The number of rotatable bonds is 8. The van der Waals surface area contributed by atoms with E-state index in [9.17, 15) is 4.79 Å². The Morgan fingerprint density at radius 1 is 1.00 bits per heavy atom. The van der Waals surface area contributed by atoms with Gasteiger partial charge in [-0.15, -0.1) is 0 Å². The van der Waals surface area contributed by atoms with Gasteiger partial charge in [0.2, 0.25) is 0 Å². The summed E-state index contributed by atoms with van der Waals surface area (Å²) >= 11 is 0. The predicted octanol–water partition coefficient (Wildman–Crippen LogP) is 0.612. The summed E-state index contributed by atoms with van der Waals surface area (Å²) in [6.07, 6.45) is 0.0233. The third kappa shape index (κ3) is 8.79. The zero-order valence-electron chi connectivity index (χ0n) is 17.3. The highest BCUT2D eigenvalue weighted by Crippen LogP contribution is 2.40. The van der Waals surface area contributed by atoms with Crippen LogP contribution < -0.4 is 9.47 Å². The monoisotopic (exact) mass is 441 g/mol. The second kappa shape index (κ2) is 12.1. The fourth-order valence-electron chi connectivity index (χ4n) is 2.83. The Labute approximate surface area is 179 Å². The fraction of sp³-hybridized carbons (Fsp3) is 0.550. The minimum Gasteiger partial charge on any atom is -0.473 e.